The monoisotopic (exact) mass is 280 g/mol. The van der Waals surface area contributed by atoms with E-state index in [0.717, 1.165) is 12.6 Å². The summed E-state index contributed by atoms with van der Waals surface area (Å²) in [6.45, 7) is 9.15. The molecule has 0 aliphatic rings. The van der Waals surface area contributed by atoms with Gasteiger partial charge in [-0.25, -0.2) is 4.39 Å². The minimum absolute atomic E-state index is 0.0337. The summed E-state index contributed by atoms with van der Waals surface area (Å²) in [5.74, 6) is 0.0373. The van der Waals surface area contributed by atoms with Crippen molar-refractivity contribution in [2.45, 2.75) is 40.2 Å². The maximum atomic E-state index is 12.8. The van der Waals surface area contributed by atoms with Crippen molar-refractivity contribution in [1.29, 1.82) is 0 Å². The first-order valence-electron chi connectivity index (χ1n) is 7.17. The van der Waals surface area contributed by atoms with Crippen LogP contribution >= 0.6 is 0 Å². The van der Waals surface area contributed by atoms with E-state index < -0.39 is 5.82 Å². The van der Waals surface area contributed by atoms with Crippen molar-refractivity contribution in [3.8, 4) is 0 Å². The maximum absolute atomic E-state index is 12.8. The van der Waals surface area contributed by atoms with Crippen molar-refractivity contribution in [2.24, 2.45) is 11.8 Å². The van der Waals surface area contributed by atoms with Gasteiger partial charge in [0.15, 0.2) is 5.78 Å². The van der Waals surface area contributed by atoms with Crippen molar-refractivity contribution < 1.29 is 9.18 Å². The fraction of sp³-hybridized carbons (Fsp3) is 0.625. The third-order valence-corrected chi connectivity index (χ3v) is 3.55. The summed E-state index contributed by atoms with van der Waals surface area (Å²) in [5, 5.41) is 0. The Balaban J connectivity index is 2.59. The van der Waals surface area contributed by atoms with E-state index in [-0.39, 0.29) is 11.7 Å². The lowest BCUT2D eigenvalue weighted by atomic mass is 10.00. The molecule has 0 N–H and O–H groups in total. The van der Waals surface area contributed by atoms with Gasteiger partial charge in [-0.15, -0.1) is 0 Å². The molecule has 1 aromatic heterocycles. The predicted molar refractivity (Wildman–Crippen MR) is 79.2 cm³/mol. The number of pyridine rings is 1. The maximum Gasteiger partial charge on any atom is 0.185 e. The Morgan fingerprint density at radius 3 is 2.45 bits per heavy atom. The minimum atomic E-state index is -0.420. The first-order valence-corrected chi connectivity index (χ1v) is 7.17. The van der Waals surface area contributed by atoms with E-state index in [4.69, 9.17) is 0 Å². The topological polar surface area (TPSA) is 33.2 Å². The summed E-state index contributed by atoms with van der Waals surface area (Å²) in [6, 6.07) is 3.16. The van der Waals surface area contributed by atoms with Crippen molar-refractivity contribution in [2.75, 3.05) is 13.6 Å². The molecule has 0 radical (unpaired) electrons. The van der Waals surface area contributed by atoms with Crippen LogP contribution in [0.5, 0.6) is 0 Å². The molecule has 0 saturated carbocycles. The number of ketones is 1. The lowest BCUT2D eigenvalue weighted by Gasteiger charge is -2.28. The van der Waals surface area contributed by atoms with Crippen LogP contribution in [0.4, 0.5) is 4.39 Å². The Morgan fingerprint density at radius 2 is 1.95 bits per heavy atom. The highest BCUT2D eigenvalue weighted by atomic mass is 19.1. The summed E-state index contributed by atoms with van der Waals surface area (Å²) in [6.07, 6.45) is 2.19. The van der Waals surface area contributed by atoms with Crippen LogP contribution in [0.3, 0.4) is 0 Å². The van der Waals surface area contributed by atoms with Gasteiger partial charge in [0.25, 0.3) is 0 Å². The zero-order chi connectivity index (χ0) is 15.3. The minimum Gasteiger partial charge on any atom is -0.303 e. The molecule has 112 valence electrons. The predicted octanol–water partition coefficient (Wildman–Crippen LogP) is 3.41. The molecule has 2 atom stereocenters. The fourth-order valence-electron chi connectivity index (χ4n) is 2.33. The molecule has 1 heterocycles. The van der Waals surface area contributed by atoms with Gasteiger partial charge in [0.2, 0.25) is 0 Å². The molecule has 0 aliphatic heterocycles. The molecule has 1 aromatic rings. The SMILES string of the molecule is CC(C)CC(C)N(C)CC(C)C(=O)c1ccc(F)cn1. The van der Waals surface area contributed by atoms with Gasteiger partial charge >= 0.3 is 0 Å². The molecule has 2 unspecified atom stereocenters. The van der Waals surface area contributed by atoms with Gasteiger partial charge in [-0.3, -0.25) is 9.78 Å². The first kappa shape index (κ1) is 16.8. The van der Waals surface area contributed by atoms with Crippen molar-refractivity contribution in [1.82, 2.24) is 9.88 Å². The highest BCUT2D eigenvalue weighted by molar-refractivity contribution is 5.95. The van der Waals surface area contributed by atoms with E-state index in [1.807, 2.05) is 14.0 Å². The van der Waals surface area contributed by atoms with E-state index in [1.165, 1.54) is 12.1 Å². The second-order valence-electron chi connectivity index (χ2n) is 6.05. The van der Waals surface area contributed by atoms with Gasteiger partial charge in [-0.05, 0) is 38.4 Å². The van der Waals surface area contributed by atoms with Gasteiger partial charge in [-0.2, -0.15) is 0 Å². The van der Waals surface area contributed by atoms with Crippen LogP contribution in [0.15, 0.2) is 18.3 Å². The lowest BCUT2D eigenvalue weighted by molar-refractivity contribution is 0.0880. The average molecular weight is 280 g/mol. The summed E-state index contributed by atoms with van der Waals surface area (Å²) in [7, 11) is 2.04. The van der Waals surface area contributed by atoms with Crippen molar-refractivity contribution in [3.05, 3.63) is 29.8 Å². The van der Waals surface area contributed by atoms with Crippen LogP contribution in [0.1, 0.15) is 44.6 Å². The normalized spacial score (nSPS) is 14.6. The molecular formula is C16H25FN2O. The van der Waals surface area contributed by atoms with E-state index in [1.54, 1.807) is 0 Å². The molecule has 3 nitrogen and oxygen atoms in total. The first-order chi connectivity index (χ1) is 9.31. The summed E-state index contributed by atoms with van der Waals surface area (Å²) in [5.41, 5.74) is 0.337. The molecule has 0 amide bonds. The van der Waals surface area contributed by atoms with Crippen molar-refractivity contribution in [3.63, 3.8) is 0 Å². The van der Waals surface area contributed by atoms with Crippen LogP contribution in [0, 0.1) is 17.7 Å². The van der Waals surface area contributed by atoms with Crippen molar-refractivity contribution >= 4 is 5.78 Å². The summed E-state index contributed by atoms with van der Waals surface area (Å²) >= 11 is 0. The molecule has 4 heteroatoms. The number of rotatable bonds is 7. The van der Waals surface area contributed by atoms with E-state index in [2.05, 4.69) is 30.7 Å². The van der Waals surface area contributed by atoms with Gasteiger partial charge < -0.3 is 4.90 Å². The van der Waals surface area contributed by atoms with Crippen LogP contribution in [0.2, 0.25) is 0 Å². The van der Waals surface area contributed by atoms with Gasteiger partial charge in [0.05, 0.1) is 6.20 Å². The third-order valence-electron chi connectivity index (χ3n) is 3.55. The zero-order valence-electron chi connectivity index (χ0n) is 13.1. The lowest BCUT2D eigenvalue weighted by Crippen LogP contribution is -2.36. The molecular weight excluding hydrogens is 255 g/mol. The molecule has 1 rings (SSSR count). The summed E-state index contributed by atoms with van der Waals surface area (Å²) < 4.78 is 12.8. The molecule has 0 spiro atoms. The van der Waals surface area contributed by atoms with Crippen LogP contribution in [-0.2, 0) is 0 Å². The van der Waals surface area contributed by atoms with E-state index in [9.17, 15) is 9.18 Å². The second kappa shape index (κ2) is 7.48. The van der Waals surface area contributed by atoms with Crippen LogP contribution in [0.25, 0.3) is 0 Å². The average Bonchev–Trinajstić information content (AvgIpc) is 2.37. The standard InChI is InChI=1S/C16H25FN2O/c1-11(2)8-13(4)19(5)10-12(3)16(20)15-7-6-14(17)9-18-15/h6-7,9,11-13H,8,10H2,1-5H3. The second-order valence-corrected chi connectivity index (χ2v) is 6.05. The Hall–Kier alpha value is -1.29. The fourth-order valence-corrected chi connectivity index (χ4v) is 2.33. The molecule has 20 heavy (non-hydrogen) atoms. The number of hydrogen-bond acceptors (Lipinski definition) is 3. The Bertz CT molecular complexity index is 431. The smallest absolute Gasteiger partial charge is 0.185 e. The van der Waals surface area contributed by atoms with Crippen LogP contribution in [-0.4, -0.2) is 35.3 Å². The number of halogens is 1. The number of carbonyl (C=O) groups is 1. The number of aromatic nitrogens is 1. The van der Waals surface area contributed by atoms with Crippen LogP contribution < -0.4 is 0 Å². The quantitative estimate of drug-likeness (QED) is 0.718. The Labute approximate surface area is 121 Å². The zero-order valence-corrected chi connectivity index (χ0v) is 13.1. The highest BCUT2D eigenvalue weighted by Gasteiger charge is 2.20. The number of Topliss-reactive ketones (excluding diaryl/α,β-unsaturated/α-hetero) is 1. The van der Waals surface area contributed by atoms with Gasteiger partial charge in [0.1, 0.15) is 11.5 Å². The molecule has 0 aliphatic carbocycles. The number of nitrogens with zero attached hydrogens (tertiary/aromatic N) is 2. The van der Waals surface area contributed by atoms with Gasteiger partial charge in [-0.1, -0.05) is 20.8 Å². The highest BCUT2D eigenvalue weighted by Crippen LogP contribution is 2.14. The third kappa shape index (κ3) is 5.00. The van der Waals surface area contributed by atoms with E-state index >= 15 is 0 Å². The molecule has 0 fully saturated rings. The molecule has 0 saturated heterocycles. The Morgan fingerprint density at radius 1 is 1.30 bits per heavy atom. The summed E-state index contributed by atoms with van der Waals surface area (Å²) in [4.78, 5) is 18.3. The Kier molecular flexibility index (Phi) is 6.27. The molecule has 0 bridgehead atoms. The van der Waals surface area contributed by atoms with E-state index in [0.29, 0.717) is 24.2 Å². The molecule has 0 aromatic carbocycles. The largest absolute Gasteiger partial charge is 0.303 e. The van der Waals surface area contributed by atoms with Gasteiger partial charge in [0, 0.05) is 18.5 Å². The number of carbonyl (C=O) groups excluding carboxylic acids is 1. The number of hydrogen-bond donors (Lipinski definition) is 0.